The average molecular weight is 424 g/mol. The first-order valence-electron chi connectivity index (χ1n) is 7.97. The Morgan fingerprint density at radius 1 is 1.00 bits per heavy atom. The molecule has 0 aromatic heterocycles. The summed E-state index contributed by atoms with van der Waals surface area (Å²) in [4.78, 5) is 0. The summed E-state index contributed by atoms with van der Waals surface area (Å²) in [6, 6.07) is 6.10. The van der Waals surface area contributed by atoms with E-state index in [0.29, 0.717) is 5.39 Å². The molecule has 150 valence electrons. The number of halogens is 4. The van der Waals surface area contributed by atoms with Gasteiger partial charge in [-0.2, -0.15) is 21.6 Å². The van der Waals surface area contributed by atoms with Crippen LogP contribution in [0.2, 0.25) is 18.1 Å². The molecule has 0 fully saturated rings. The molecule has 0 spiro atoms. The maximum absolute atomic E-state index is 13.8. The SMILES string of the molecule is CC(C)(C)[Si](C)(C)Oc1c(OS(=O)(=O)C(F)(F)F)ccc2ccc(F)cc12. The third kappa shape index (κ3) is 4.37. The van der Waals surface area contributed by atoms with E-state index in [4.69, 9.17) is 4.43 Å². The van der Waals surface area contributed by atoms with E-state index in [2.05, 4.69) is 4.18 Å². The van der Waals surface area contributed by atoms with Gasteiger partial charge >= 0.3 is 15.6 Å². The lowest BCUT2D eigenvalue weighted by molar-refractivity contribution is -0.0500. The van der Waals surface area contributed by atoms with E-state index in [0.717, 1.165) is 12.1 Å². The molecule has 0 heterocycles. The van der Waals surface area contributed by atoms with Crippen LogP contribution in [0.3, 0.4) is 0 Å². The van der Waals surface area contributed by atoms with Crippen LogP contribution in [0, 0.1) is 5.82 Å². The molecule has 0 N–H and O–H groups in total. The van der Waals surface area contributed by atoms with Crippen molar-refractivity contribution < 1.29 is 34.6 Å². The van der Waals surface area contributed by atoms with Crippen molar-refractivity contribution in [2.75, 3.05) is 0 Å². The highest BCUT2D eigenvalue weighted by molar-refractivity contribution is 7.88. The van der Waals surface area contributed by atoms with Crippen molar-refractivity contribution in [2.24, 2.45) is 0 Å². The minimum atomic E-state index is -5.90. The third-order valence-electron chi connectivity index (χ3n) is 4.54. The van der Waals surface area contributed by atoms with Gasteiger partial charge in [0, 0.05) is 5.39 Å². The van der Waals surface area contributed by atoms with Gasteiger partial charge in [-0.25, -0.2) is 4.39 Å². The molecule has 27 heavy (non-hydrogen) atoms. The van der Waals surface area contributed by atoms with Crippen molar-refractivity contribution in [1.82, 2.24) is 0 Å². The van der Waals surface area contributed by atoms with Crippen molar-refractivity contribution in [3.63, 3.8) is 0 Å². The largest absolute Gasteiger partial charge is 0.541 e. The smallest absolute Gasteiger partial charge is 0.534 e. The molecule has 0 aliphatic rings. The highest BCUT2D eigenvalue weighted by Crippen LogP contribution is 2.44. The highest BCUT2D eigenvalue weighted by atomic mass is 32.2. The Hall–Kier alpha value is -1.81. The molecule has 2 aromatic carbocycles. The van der Waals surface area contributed by atoms with Gasteiger partial charge in [-0.3, -0.25) is 0 Å². The summed E-state index contributed by atoms with van der Waals surface area (Å²) < 4.78 is 85.3. The molecule has 0 saturated carbocycles. The van der Waals surface area contributed by atoms with Crippen molar-refractivity contribution in [1.29, 1.82) is 0 Å². The molecule has 0 atom stereocenters. The van der Waals surface area contributed by atoms with Gasteiger partial charge in [-0.05, 0) is 41.7 Å². The fourth-order valence-electron chi connectivity index (χ4n) is 1.99. The Kier molecular flexibility index (Phi) is 5.30. The fourth-order valence-corrected chi connectivity index (χ4v) is 3.48. The number of hydrogen-bond acceptors (Lipinski definition) is 4. The third-order valence-corrected chi connectivity index (χ3v) is 9.84. The summed E-state index contributed by atoms with van der Waals surface area (Å²) in [5, 5.41) is 0.263. The molecular weight excluding hydrogens is 404 g/mol. The van der Waals surface area contributed by atoms with E-state index < -0.39 is 35.5 Å². The number of fused-ring (bicyclic) bond motifs is 1. The van der Waals surface area contributed by atoms with Crippen LogP contribution in [0.25, 0.3) is 10.8 Å². The van der Waals surface area contributed by atoms with Crippen LogP contribution in [0.15, 0.2) is 30.3 Å². The predicted octanol–water partition coefficient (Wildman–Crippen LogP) is 5.59. The van der Waals surface area contributed by atoms with Crippen molar-refractivity contribution in [3.8, 4) is 11.5 Å². The van der Waals surface area contributed by atoms with Gasteiger partial charge in [0.15, 0.2) is 11.5 Å². The maximum atomic E-state index is 13.8. The van der Waals surface area contributed by atoms with E-state index in [9.17, 15) is 26.0 Å². The lowest BCUT2D eigenvalue weighted by Gasteiger charge is -2.37. The average Bonchev–Trinajstić information content (AvgIpc) is 2.47. The van der Waals surface area contributed by atoms with Crippen LogP contribution in [0.4, 0.5) is 17.6 Å². The quantitative estimate of drug-likeness (QED) is 0.278. The Bertz CT molecular complexity index is 963. The topological polar surface area (TPSA) is 52.6 Å². The van der Waals surface area contributed by atoms with Gasteiger partial charge in [0.1, 0.15) is 5.82 Å². The summed E-state index contributed by atoms with van der Waals surface area (Å²) in [6.07, 6.45) is 0. The summed E-state index contributed by atoms with van der Waals surface area (Å²) >= 11 is 0. The molecule has 0 amide bonds. The van der Waals surface area contributed by atoms with Crippen LogP contribution in [0.5, 0.6) is 11.5 Å². The second-order valence-corrected chi connectivity index (χ2v) is 13.9. The summed E-state index contributed by atoms with van der Waals surface area (Å²) in [6.45, 7) is 9.36. The summed E-state index contributed by atoms with van der Waals surface area (Å²) in [7, 11) is -8.51. The molecule has 0 unspecified atom stereocenters. The fraction of sp³-hybridized carbons (Fsp3) is 0.412. The van der Waals surface area contributed by atoms with Crippen LogP contribution in [-0.2, 0) is 10.1 Å². The monoisotopic (exact) mass is 424 g/mol. The van der Waals surface area contributed by atoms with E-state index in [1.807, 2.05) is 33.9 Å². The number of benzene rings is 2. The summed E-state index contributed by atoms with van der Waals surface area (Å²) in [5.74, 6) is -1.49. The standard InChI is InChI=1S/C17H20F4O4SSi/c1-16(2,3)27(4,5)25-15-13-10-12(18)8-6-11(13)7-9-14(15)24-26(22,23)17(19,20)21/h6-10H,1-5H3. The molecule has 0 aliphatic carbocycles. The van der Waals surface area contributed by atoms with Gasteiger partial charge in [0.05, 0.1) is 0 Å². The van der Waals surface area contributed by atoms with Gasteiger partial charge in [-0.1, -0.05) is 32.9 Å². The Morgan fingerprint density at radius 2 is 1.56 bits per heavy atom. The van der Waals surface area contributed by atoms with Crippen molar-refractivity contribution in [3.05, 3.63) is 36.1 Å². The van der Waals surface area contributed by atoms with E-state index in [1.165, 1.54) is 18.2 Å². The zero-order valence-electron chi connectivity index (χ0n) is 15.4. The molecule has 4 nitrogen and oxygen atoms in total. The highest BCUT2D eigenvalue weighted by Gasteiger charge is 2.49. The first-order valence-corrected chi connectivity index (χ1v) is 12.3. The molecule has 0 radical (unpaired) electrons. The minimum absolute atomic E-state index is 0.134. The maximum Gasteiger partial charge on any atom is 0.534 e. The molecule has 0 bridgehead atoms. The molecule has 2 aromatic rings. The first kappa shape index (κ1) is 21.5. The van der Waals surface area contributed by atoms with Crippen molar-refractivity contribution in [2.45, 2.75) is 44.4 Å². The second kappa shape index (κ2) is 6.66. The zero-order chi connectivity index (χ0) is 20.8. The zero-order valence-corrected chi connectivity index (χ0v) is 17.3. The predicted molar refractivity (Wildman–Crippen MR) is 97.3 cm³/mol. The number of hydrogen-bond donors (Lipinski definition) is 0. The van der Waals surface area contributed by atoms with E-state index in [1.54, 1.807) is 0 Å². The molecular formula is C17H20F4O4SSi. The normalized spacial score (nSPS) is 13.7. The minimum Gasteiger partial charge on any atom is -0.541 e. The lowest BCUT2D eigenvalue weighted by Crippen LogP contribution is -2.44. The Morgan fingerprint density at radius 3 is 2.07 bits per heavy atom. The van der Waals surface area contributed by atoms with Crippen LogP contribution in [-0.4, -0.2) is 22.2 Å². The van der Waals surface area contributed by atoms with E-state index in [-0.39, 0.29) is 16.2 Å². The van der Waals surface area contributed by atoms with E-state index >= 15 is 0 Å². The Balaban J connectivity index is 2.71. The first-order chi connectivity index (χ1) is 12.1. The second-order valence-electron chi connectivity index (χ2n) is 7.60. The lowest BCUT2D eigenvalue weighted by atomic mass is 10.1. The van der Waals surface area contributed by atoms with Crippen molar-refractivity contribution >= 4 is 29.2 Å². The molecule has 10 heteroatoms. The van der Waals surface area contributed by atoms with Gasteiger partial charge in [0.25, 0.3) is 8.32 Å². The van der Waals surface area contributed by atoms with Crippen LogP contribution < -0.4 is 8.61 Å². The molecule has 0 saturated heterocycles. The Labute approximate surface area is 156 Å². The number of rotatable bonds is 4. The molecule has 0 aliphatic heterocycles. The molecule has 2 rings (SSSR count). The van der Waals surface area contributed by atoms with Crippen LogP contribution in [0.1, 0.15) is 20.8 Å². The van der Waals surface area contributed by atoms with Gasteiger partial charge in [-0.15, -0.1) is 0 Å². The van der Waals surface area contributed by atoms with Crippen LogP contribution >= 0.6 is 0 Å². The summed E-state index contributed by atoms with van der Waals surface area (Å²) in [5.41, 5.74) is -5.60. The van der Waals surface area contributed by atoms with Gasteiger partial charge < -0.3 is 8.61 Å². The van der Waals surface area contributed by atoms with Gasteiger partial charge in [0.2, 0.25) is 0 Å². The number of alkyl halides is 3.